The highest BCUT2D eigenvalue weighted by Crippen LogP contribution is 2.37. The van der Waals surface area contributed by atoms with Gasteiger partial charge in [-0.2, -0.15) is 0 Å². The van der Waals surface area contributed by atoms with E-state index in [1.165, 1.54) is 0 Å². The molecule has 0 spiro atoms. The number of hydrogen-bond donors (Lipinski definition) is 4. The molecule has 0 aromatic carbocycles. The minimum Gasteiger partial charge on any atom is -0.457 e. The number of rotatable bonds is 9. The molecule has 2 fully saturated rings. The van der Waals surface area contributed by atoms with Crippen molar-refractivity contribution in [2.75, 3.05) is 33.2 Å². The van der Waals surface area contributed by atoms with Gasteiger partial charge in [-0.3, -0.25) is 4.79 Å². The predicted molar refractivity (Wildman–Crippen MR) is 175 cm³/mol. The van der Waals surface area contributed by atoms with Crippen LogP contribution < -0.4 is 0 Å². The first-order chi connectivity index (χ1) is 21.5. The number of aliphatic hydroxyl groups is 4. The lowest BCUT2D eigenvalue weighted by molar-refractivity contribution is -0.151. The van der Waals surface area contributed by atoms with Crippen molar-refractivity contribution in [1.29, 1.82) is 0 Å². The number of ether oxygens (including phenoxy) is 3. The summed E-state index contributed by atoms with van der Waals surface area (Å²) in [5.41, 5.74) is -1.93. The molecule has 2 saturated heterocycles. The highest BCUT2D eigenvalue weighted by Gasteiger charge is 2.47. The van der Waals surface area contributed by atoms with Crippen molar-refractivity contribution in [3.8, 4) is 0 Å². The number of hydrogen-bond acceptors (Lipinski definition) is 10. The quantitative estimate of drug-likeness (QED) is 0.127. The van der Waals surface area contributed by atoms with Crippen LogP contribution in [0, 0.1) is 11.8 Å². The largest absolute Gasteiger partial charge is 0.457 e. The van der Waals surface area contributed by atoms with Crippen LogP contribution in [-0.4, -0.2) is 123 Å². The number of amides is 1. The van der Waals surface area contributed by atoms with E-state index in [1.807, 2.05) is 34.7 Å². The molecule has 0 bridgehead atoms. The Hall–Kier alpha value is -2.28. The van der Waals surface area contributed by atoms with Crippen LogP contribution in [0.5, 0.6) is 0 Å². The number of allylic oxidation sites excluding steroid dienone is 2. The molecular formula is C35H58N2O9. The third kappa shape index (κ3) is 11.5. The van der Waals surface area contributed by atoms with Crippen molar-refractivity contribution >= 4 is 12.1 Å². The Bertz CT molecular complexity index is 1100. The minimum absolute atomic E-state index is 0.0103. The molecule has 0 saturated carbocycles. The predicted octanol–water partition coefficient (Wildman–Crippen LogP) is 3.35. The fourth-order valence-electron chi connectivity index (χ4n) is 6.21. The van der Waals surface area contributed by atoms with E-state index in [1.54, 1.807) is 49.1 Å². The average Bonchev–Trinajstić information content (AvgIpc) is 3.77. The summed E-state index contributed by atoms with van der Waals surface area (Å²) in [4.78, 5) is 29.8. The molecule has 46 heavy (non-hydrogen) atoms. The van der Waals surface area contributed by atoms with Crippen molar-refractivity contribution in [2.45, 2.75) is 128 Å². The fourth-order valence-corrected chi connectivity index (χ4v) is 6.21. The highest BCUT2D eigenvalue weighted by atomic mass is 16.6. The number of nitrogens with zero attached hydrogens (tertiary/aromatic N) is 2. The van der Waals surface area contributed by atoms with Gasteiger partial charge in [-0.25, -0.2) is 4.79 Å². The molecule has 262 valence electrons. The van der Waals surface area contributed by atoms with E-state index in [-0.39, 0.29) is 43.3 Å². The Morgan fingerprint density at radius 3 is 2.67 bits per heavy atom. The summed E-state index contributed by atoms with van der Waals surface area (Å²) in [5.74, 6) is -0.943. The van der Waals surface area contributed by atoms with Crippen molar-refractivity contribution in [3.63, 3.8) is 0 Å². The van der Waals surface area contributed by atoms with E-state index in [4.69, 9.17) is 14.2 Å². The summed E-state index contributed by atoms with van der Waals surface area (Å²) in [6.07, 6.45) is 6.56. The number of epoxide rings is 1. The van der Waals surface area contributed by atoms with Gasteiger partial charge in [-0.05, 0) is 71.7 Å². The number of aliphatic hydroxyl groups excluding tert-OH is 2. The van der Waals surface area contributed by atoms with E-state index < -0.39 is 47.7 Å². The van der Waals surface area contributed by atoms with Crippen molar-refractivity contribution in [3.05, 3.63) is 36.0 Å². The zero-order chi connectivity index (χ0) is 34.2. The number of esters is 1. The minimum atomic E-state index is -1.48. The highest BCUT2D eigenvalue weighted by molar-refractivity contribution is 5.70. The van der Waals surface area contributed by atoms with Crippen molar-refractivity contribution in [1.82, 2.24) is 9.80 Å². The van der Waals surface area contributed by atoms with Gasteiger partial charge in [0.25, 0.3) is 0 Å². The van der Waals surface area contributed by atoms with Crippen molar-refractivity contribution in [2.24, 2.45) is 11.8 Å². The van der Waals surface area contributed by atoms with E-state index in [2.05, 4.69) is 4.90 Å². The number of carbonyl (C=O) groups is 2. The van der Waals surface area contributed by atoms with Crippen LogP contribution in [0.3, 0.4) is 0 Å². The first-order valence-corrected chi connectivity index (χ1v) is 16.9. The fraction of sp³-hybridized carbons (Fsp3) is 0.771. The van der Waals surface area contributed by atoms with Gasteiger partial charge < -0.3 is 44.4 Å². The normalized spacial score (nSPS) is 34.9. The summed E-state index contributed by atoms with van der Waals surface area (Å²) < 4.78 is 17.5. The second-order valence-corrected chi connectivity index (χ2v) is 14.2. The van der Waals surface area contributed by atoms with Gasteiger partial charge in [0.2, 0.25) is 0 Å². The number of carbonyl (C=O) groups excluding carboxylic acids is 2. The van der Waals surface area contributed by atoms with Gasteiger partial charge in [0.1, 0.15) is 11.7 Å². The Labute approximate surface area is 274 Å². The molecule has 10 atom stereocenters. The zero-order valence-electron chi connectivity index (χ0n) is 28.8. The van der Waals surface area contributed by atoms with Gasteiger partial charge in [-0.1, -0.05) is 45.1 Å². The summed E-state index contributed by atoms with van der Waals surface area (Å²) in [5, 5.41) is 43.1. The first kappa shape index (κ1) is 38.2. The lowest BCUT2D eigenvalue weighted by Crippen LogP contribution is -2.45. The second kappa shape index (κ2) is 16.7. The summed E-state index contributed by atoms with van der Waals surface area (Å²) in [6.45, 7) is 13.6. The third-order valence-corrected chi connectivity index (χ3v) is 9.57. The topological polar surface area (TPSA) is 153 Å². The van der Waals surface area contributed by atoms with Crippen LogP contribution in [-0.2, 0) is 19.0 Å². The molecule has 0 radical (unpaired) electrons. The van der Waals surface area contributed by atoms with Crippen LogP contribution in [0.4, 0.5) is 4.79 Å². The number of cyclic esters (lactones) is 1. The Balaban J connectivity index is 1.75. The van der Waals surface area contributed by atoms with Crippen LogP contribution in [0.2, 0.25) is 0 Å². The maximum absolute atomic E-state index is 13.2. The van der Waals surface area contributed by atoms with E-state index in [0.717, 1.165) is 19.5 Å². The Kier molecular flexibility index (Phi) is 13.9. The molecule has 10 unspecified atom stereocenters. The zero-order valence-corrected chi connectivity index (χ0v) is 28.8. The SMILES string of the molecule is CCC(O)C(C)C1OC1CC(C)(O)C=CC=C(C)C1OC(=O)CC(O)CCC(C)(O)C(OC(=O)N2CCCN(C)CC2)C=CC1C. The molecule has 11 nitrogen and oxygen atoms in total. The van der Waals surface area contributed by atoms with Crippen LogP contribution >= 0.6 is 0 Å². The summed E-state index contributed by atoms with van der Waals surface area (Å²) >= 11 is 0. The Morgan fingerprint density at radius 1 is 1.26 bits per heavy atom. The first-order valence-electron chi connectivity index (χ1n) is 16.9. The standard InChI is InChI=1S/C35H58N2O9/c1-8-27(39)25(4)32-28(44-32)22-34(5,42)15-9-11-23(2)31-24(3)12-13-29(35(6,43)16-14-26(38)21-30(40)46-31)45-33(41)37-18-10-17-36(7)19-20-37/h9,11-13,15,24-29,31-32,38-39,42-43H,8,10,14,16-22H2,1-7H3. The molecule has 11 heteroatoms. The van der Waals surface area contributed by atoms with Gasteiger partial charge in [0.05, 0.1) is 36.4 Å². The summed E-state index contributed by atoms with van der Waals surface area (Å²) in [7, 11) is 2.01. The van der Waals surface area contributed by atoms with Gasteiger partial charge in [-0.15, -0.1) is 0 Å². The molecular weight excluding hydrogens is 592 g/mol. The molecule has 4 N–H and O–H groups in total. The van der Waals surface area contributed by atoms with E-state index in [9.17, 15) is 30.0 Å². The Morgan fingerprint density at radius 2 is 1.98 bits per heavy atom. The molecule has 0 aromatic rings. The molecule has 3 rings (SSSR count). The second-order valence-electron chi connectivity index (χ2n) is 14.2. The lowest BCUT2D eigenvalue weighted by atomic mass is 9.88. The van der Waals surface area contributed by atoms with Crippen LogP contribution in [0.25, 0.3) is 0 Å². The summed E-state index contributed by atoms with van der Waals surface area (Å²) in [6, 6.07) is 0. The van der Waals surface area contributed by atoms with Gasteiger partial charge in [0.15, 0.2) is 6.10 Å². The van der Waals surface area contributed by atoms with Crippen molar-refractivity contribution < 1.29 is 44.2 Å². The maximum Gasteiger partial charge on any atom is 0.410 e. The number of likely N-dealkylation sites (N-methyl/N-ethyl adjacent to an activating group) is 1. The molecule has 3 heterocycles. The molecule has 0 aromatic heterocycles. The maximum atomic E-state index is 13.2. The lowest BCUT2D eigenvalue weighted by Gasteiger charge is -2.34. The molecule has 1 amide bonds. The van der Waals surface area contributed by atoms with Crippen LogP contribution in [0.15, 0.2) is 36.0 Å². The average molecular weight is 651 g/mol. The van der Waals surface area contributed by atoms with Crippen LogP contribution in [0.1, 0.15) is 80.1 Å². The van der Waals surface area contributed by atoms with E-state index in [0.29, 0.717) is 31.5 Å². The van der Waals surface area contributed by atoms with Gasteiger partial charge in [0, 0.05) is 37.9 Å². The van der Waals surface area contributed by atoms with Gasteiger partial charge >= 0.3 is 12.1 Å². The monoisotopic (exact) mass is 650 g/mol. The van der Waals surface area contributed by atoms with E-state index >= 15 is 0 Å². The molecule has 3 aliphatic rings. The smallest absolute Gasteiger partial charge is 0.410 e. The molecule has 3 aliphatic heterocycles. The molecule has 0 aliphatic carbocycles. The third-order valence-electron chi connectivity index (χ3n) is 9.57.